The van der Waals surface area contributed by atoms with Crippen LogP contribution in [-0.4, -0.2) is 52.5 Å². The van der Waals surface area contributed by atoms with E-state index in [1.54, 1.807) is 6.92 Å². The third-order valence-electron chi connectivity index (χ3n) is 5.55. The van der Waals surface area contributed by atoms with E-state index in [0.717, 1.165) is 18.3 Å². The molecule has 1 aromatic carbocycles. The topological polar surface area (TPSA) is 128 Å². The van der Waals surface area contributed by atoms with Crippen LogP contribution in [0, 0.1) is 5.82 Å². The molecule has 0 amide bonds. The highest BCUT2D eigenvalue weighted by Gasteiger charge is 2.49. The van der Waals surface area contributed by atoms with Crippen molar-refractivity contribution in [3.05, 3.63) is 53.2 Å². The molecule has 0 fully saturated rings. The number of hydrogen-bond acceptors (Lipinski definition) is 8. The van der Waals surface area contributed by atoms with Gasteiger partial charge < -0.3 is 15.6 Å². The van der Waals surface area contributed by atoms with Gasteiger partial charge in [0.05, 0.1) is 24.8 Å². The fourth-order valence-corrected chi connectivity index (χ4v) is 4.98. The molecule has 0 spiro atoms. The molecule has 0 radical (unpaired) electrons. The fourth-order valence-electron chi connectivity index (χ4n) is 3.29. The van der Waals surface area contributed by atoms with Crippen LogP contribution >= 0.6 is 0 Å². The second-order valence-electron chi connectivity index (χ2n) is 8.62. The molecule has 2 unspecified atom stereocenters. The Labute approximate surface area is 191 Å². The zero-order valence-corrected chi connectivity index (χ0v) is 19.5. The Kier molecular flexibility index (Phi) is 6.58. The summed E-state index contributed by atoms with van der Waals surface area (Å²) >= 11 is 0. The lowest BCUT2D eigenvalue weighted by Crippen LogP contribution is -2.55. The number of aliphatic imine (C=N–C) groups is 1. The molecule has 178 valence electrons. The molecule has 8 nitrogen and oxygen atoms in total. The van der Waals surface area contributed by atoms with Crippen LogP contribution < -0.4 is 10.5 Å². The highest BCUT2D eigenvalue weighted by molar-refractivity contribution is 7.93. The van der Waals surface area contributed by atoms with Crippen molar-refractivity contribution in [2.24, 2.45) is 10.7 Å². The molecule has 2 aromatic rings. The van der Waals surface area contributed by atoms with Crippen molar-refractivity contribution in [1.29, 1.82) is 0 Å². The zero-order chi connectivity index (χ0) is 24.6. The van der Waals surface area contributed by atoms with Crippen molar-refractivity contribution in [2.75, 3.05) is 12.4 Å². The van der Waals surface area contributed by atoms with Crippen LogP contribution in [0.3, 0.4) is 0 Å². The zero-order valence-electron chi connectivity index (χ0n) is 18.7. The Hall–Kier alpha value is -2.92. The molecule has 2 heterocycles. The lowest BCUT2D eigenvalue weighted by molar-refractivity contribution is 0.124. The van der Waals surface area contributed by atoms with Crippen LogP contribution in [0.4, 0.5) is 8.78 Å². The van der Waals surface area contributed by atoms with Crippen LogP contribution in [0.25, 0.3) is 11.9 Å². The maximum absolute atomic E-state index is 14.8. The number of hydrogen-bond donors (Lipinski definition) is 2. The molecule has 1 aliphatic rings. The van der Waals surface area contributed by atoms with E-state index in [1.807, 2.05) is 0 Å². The summed E-state index contributed by atoms with van der Waals surface area (Å²) in [5, 5.41) is 9.01. The Morgan fingerprint density at radius 3 is 2.58 bits per heavy atom. The number of nitrogens with two attached hydrogens (primary N) is 1. The van der Waals surface area contributed by atoms with Gasteiger partial charge in [0.25, 0.3) is 0 Å². The van der Waals surface area contributed by atoms with E-state index in [4.69, 9.17) is 15.6 Å². The van der Waals surface area contributed by atoms with Gasteiger partial charge in [0, 0.05) is 5.56 Å². The SMILES string of the molecule is CC(CO)Oc1cnc(/C(F)=C/c2ccc(F)c(C3(C)CS(=O)(=O)C(C)(C)C(N)=N3)c2)cn1. The fraction of sp³-hybridized carbons (Fsp3) is 0.409. The van der Waals surface area contributed by atoms with Crippen molar-refractivity contribution < 1.29 is 27.0 Å². The second-order valence-corrected chi connectivity index (χ2v) is 11.2. The number of halogens is 2. The van der Waals surface area contributed by atoms with Crippen molar-refractivity contribution in [2.45, 2.75) is 44.1 Å². The molecule has 0 saturated carbocycles. The minimum Gasteiger partial charge on any atom is -0.471 e. The highest BCUT2D eigenvalue weighted by Crippen LogP contribution is 2.38. The quantitative estimate of drug-likeness (QED) is 0.650. The van der Waals surface area contributed by atoms with E-state index >= 15 is 0 Å². The minimum absolute atomic E-state index is 0.0149. The number of aliphatic hydroxyl groups excluding tert-OH is 1. The third kappa shape index (κ3) is 4.88. The summed E-state index contributed by atoms with van der Waals surface area (Å²) in [6.45, 7) is 5.81. The molecule has 3 N–H and O–H groups in total. The highest BCUT2D eigenvalue weighted by atomic mass is 32.2. The van der Waals surface area contributed by atoms with Gasteiger partial charge in [0.2, 0.25) is 5.88 Å². The molecular formula is C22H26F2N4O4S. The van der Waals surface area contributed by atoms with Gasteiger partial charge >= 0.3 is 0 Å². The summed E-state index contributed by atoms with van der Waals surface area (Å²) in [5.74, 6) is -1.86. The van der Waals surface area contributed by atoms with Crippen molar-refractivity contribution in [3.63, 3.8) is 0 Å². The lowest BCUT2D eigenvalue weighted by atomic mass is 9.91. The first-order chi connectivity index (χ1) is 15.3. The molecule has 1 aromatic heterocycles. The van der Waals surface area contributed by atoms with E-state index in [2.05, 4.69) is 15.0 Å². The van der Waals surface area contributed by atoms with Gasteiger partial charge in [-0.25, -0.2) is 27.2 Å². The molecule has 0 bridgehead atoms. The average Bonchev–Trinajstić information content (AvgIpc) is 2.73. The predicted molar refractivity (Wildman–Crippen MR) is 121 cm³/mol. The monoisotopic (exact) mass is 480 g/mol. The van der Waals surface area contributed by atoms with Gasteiger partial charge in [-0.1, -0.05) is 6.07 Å². The van der Waals surface area contributed by atoms with Gasteiger partial charge in [-0.05, 0) is 51.5 Å². The largest absolute Gasteiger partial charge is 0.471 e. The molecule has 1 aliphatic heterocycles. The Morgan fingerprint density at radius 2 is 2.00 bits per heavy atom. The van der Waals surface area contributed by atoms with E-state index in [0.29, 0.717) is 0 Å². The number of rotatable bonds is 6. The maximum atomic E-state index is 14.8. The van der Waals surface area contributed by atoms with Gasteiger partial charge in [0.1, 0.15) is 33.7 Å². The van der Waals surface area contributed by atoms with Gasteiger partial charge in [0.15, 0.2) is 15.7 Å². The Bertz CT molecular complexity index is 1210. The number of ether oxygens (including phenoxy) is 1. The third-order valence-corrected chi connectivity index (χ3v) is 8.25. The summed E-state index contributed by atoms with van der Waals surface area (Å²) in [6.07, 6.45) is 3.02. The lowest BCUT2D eigenvalue weighted by Gasteiger charge is -2.38. The molecule has 33 heavy (non-hydrogen) atoms. The molecular weight excluding hydrogens is 454 g/mol. The van der Waals surface area contributed by atoms with Crippen molar-refractivity contribution in [3.8, 4) is 5.88 Å². The second kappa shape index (κ2) is 8.79. The van der Waals surface area contributed by atoms with Gasteiger partial charge in [-0.2, -0.15) is 0 Å². The summed E-state index contributed by atoms with van der Waals surface area (Å²) < 4.78 is 59.0. The molecule has 2 atom stereocenters. The summed E-state index contributed by atoms with van der Waals surface area (Å²) in [5.41, 5.74) is 4.64. The number of sulfone groups is 1. The number of benzene rings is 1. The van der Waals surface area contributed by atoms with E-state index in [-0.39, 0.29) is 35.1 Å². The van der Waals surface area contributed by atoms with Gasteiger partial charge in [-0.15, -0.1) is 0 Å². The number of amidine groups is 1. The van der Waals surface area contributed by atoms with E-state index in [9.17, 15) is 17.2 Å². The summed E-state index contributed by atoms with van der Waals surface area (Å²) in [6, 6.07) is 3.81. The maximum Gasteiger partial charge on any atom is 0.232 e. The summed E-state index contributed by atoms with van der Waals surface area (Å²) in [4.78, 5) is 12.2. The van der Waals surface area contributed by atoms with Crippen molar-refractivity contribution >= 4 is 27.6 Å². The van der Waals surface area contributed by atoms with E-state index in [1.165, 1.54) is 39.1 Å². The molecule has 3 rings (SSSR count). The first-order valence-electron chi connectivity index (χ1n) is 10.1. The first-order valence-corrected chi connectivity index (χ1v) is 11.8. The molecule has 0 saturated heterocycles. The number of nitrogens with zero attached hydrogens (tertiary/aromatic N) is 3. The summed E-state index contributed by atoms with van der Waals surface area (Å²) in [7, 11) is -3.73. The van der Waals surface area contributed by atoms with Crippen LogP contribution in [0.5, 0.6) is 5.88 Å². The standard InChI is InChI=1S/C22H26F2N4O4S/c1-13(11-29)32-19-10-26-18(9-27-19)17(24)8-14-5-6-16(23)15(7-14)22(4)12-33(30,31)21(2,3)20(25)28-22/h5-10,13,29H,11-12H2,1-4H3,(H2,25,28)/b17-8-. The molecule has 0 aliphatic carbocycles. The van der Waals surface area contributed by atoms with Gasteiger partial charge in [-0.3, -0.25) is 4.99 Å². The average molecular weight is 481 g/mol. The molecule has 11 heteroatoms. The smallest absolute Gasteiger partial charge is 0.232 e. The number of aliphatic hydroxyl groups is 1. The van der Waals surface area contributed by atoms with Crippen LogP contribution in [0.15, 0.2) is 35.6 Å². The first kappa shape index (κ1) is 24.7. The Morgan fingerprint density at radius 1 is 1.30 bits per heavy atom. The van der Waals surface area contributed by atoms with Crippen LogP contribution in [0.2, 0.25) is 0 Å². The van der Waals surface area contributed by atoms with E-state index < -0.39 is 43.6 Å². The van der Waals surface area contributed by atoms with Crippen LogP contribution in [-0.2, 0) is 15.4 Å². The Balaban J connectivity index is 1.95. The van der Waals surface area contributed by atoms with Crippen LogP contribution in [0.1, 0.15) is 44.5 Å². The van der Waals surface area contributed by atoms with Crippen molar-refractivity contribution in [1.82, 2.24) is 9.97 Å². The predicted octanol–water partition coefficient (Wildman–Crippen LogP) is 2.62. The normalized spacial score (nSPS) is 23.0. The number of aromatic nitrogens is 2. The minimum atomic E-state index is -3.73.